The van der Waals surface area contributed by atoms with Crippen molar-refractivity contribution in [3.63, 3.8) is 0 Å². The van der Waals surface area contributed by atoms with Gasteiger partial charge in [-0.05, 0) is 48.6 Å². The molecule has 2 atom stereocenters. The standard InChI is InChI=1S/C18H20FN3O/c1-22-10-15(17(9-19)21-22)18(23)20-16-5-3-2-4-12(16)14-8-13(14)11-6-7-11/h2-5,10-11,13-14H,6-9H2,1H3,(H,20,23)/t13-,14-/m0/s1. The Morgan fingerprint density at radius 2 is 2.17 bits per heavy atom. The van der Waals surface area contributed by atoms with Gasteiger partial charge in [0, 0.05) is 18.9 Å². The fourth-order valence-electron chi connectivity index (χ4n) is 3.56. The zero-order valence-electron chi connectivity index (χ0n) is 13.1. The Labute approximate surface area is 134 Å². The summed E-state index contributed by atoms with van der Waals surface area (Å²) in [5, 5.41) is 6.94. The van der Waals surface area contributed by atoms with Crippen LogP contribution in [0.3, 0.4) is 0 Å². The molecule has 2 fully saturated rings. The van der Waals surface area contributed by atoms with Crippen LogP contribution in [0.1, 0.15) is 46.8 Å². The first-order valence-corrected chi connectivity index (χ1v) is 8.16. The van der Waals surface area contributed by atoms with Crippen molar-refractivity contribution >= 4 is 11.6 Å². The number of nitrogens with one attached hydrogen (secondary N) is 1. The molecule has 1 heterocycles. The third kappa shape index (κ3) is 2.76. The molecule has 0 spiro atoms. The second kappa shape index (κ2) is 5.48. The smallest absolute Gasteiger partial charge is 0.259 e. The highest BCUT2D eigenvalue weighted by atomic mass is 19.1. The quantitative estimate of drug-likeness (QED) is 0.916. The van der Waals surface area contributed by atoms with Crippen LogP contribution in [0.15, 0.2) is 30.5 Å². The maximum atomic E-state index is 13.0. The van der Waals surface area contributed by atoms with E-state index in [9.17, 15) is 9.18 Å². The van der Waals surface area contributed by atoms with Gasteiger partial charge in [0.25, 0.3) is 5.91 Å². The van der Waals surface area contributed by atoms with Crippen LogP contribution in [-0.2, 0) is 13.7 Å². The lowest BCUT2D eigenvalue weighted by Gasteiger charge is -2.11. The van der Waals surface area contributed by atoms with Crippen LogP contribution < -0.4 is 5.32 Å². The highest BCUT2D eigenvalue weighted by molar-refractivity contribution is 6.05. The van der Waals surface area contributed by atoms with Crippen LogP contribution >= 0.6 is 0 Å². The summed E-state index contributed by atoms with van der Waals surface area (Å²) >= 11 is 0. The molecule has 23 heavy (non-hydrogen) atoms. The average Bonchev–Trinajstić information content (AvgIpc) is 3.43. The number of aromatic nitrogens is 2. The van der Waals surface area contributed by atoms with E-state index in [1.54, 1.807) is 13.2 Å². The lowest BCUT2D eigenvalue weighted by atomic mass is 10.0. The summed E-state index contributed by atoms with van der Waals surface area (Å²) < 4.78 is 14.5. The molecule has 5 heteroatoms. The van der Waals surface area contributed by atoms with Gasteiger partial charge in [-0.3, -0.25) is 9.48 Å². The number of amides is 1. The van der Waals surface area contributed by atoms with Gasteiger partial charge in [0.15, 0.2) is 0 Å². The van der Waals surface area contributed by atoms with Crippen LogP contribution in [0.25, 0.3) is 0 Å². The van der Waals surface area contributed by atoms with Crippen molar-refractivity contribution in [3.8, 4) is 0 Å². The first-order valence-electron chi connectivity index (χ1n) is 8.16. The molecule has 1 amide bonds. The van der Waals surface area contributed by atoms with Crippen molar-refractivity contribution < 1.29 is 9.18 Å². The molecule has 1 N–H and O–H groups in total. The molecule has 0 aliphatic heterocycles. The van der Waals surface area contributed by atoms with E-state index >= 15 is 0 Å². The minimum absolute atomic E-state index is 0.185. The summed E-state index contributed by atoms with van der Waals surface area (Å²) in [7, 11) is 1.69. The Balaban J connectivity index is 1.55. The number of carbonyl (C=O) groups excluding carboxylic acids is 1. The zero-order chi connectivity index (χ0) is 16.0. The number of anilines is 1. The SMILES string of the molecule is Cn1cc(C(=O)Nc2ccccc2[C@@H]2C[C@H]2C2CC2)c(CF)n1. The van der Waals surface area contributed by atoms with E-state index in [2.05, 4.69) is 16.5 Å². The van der Waals surface area contributed by atoms with Crippen molar-refractivity contribution in [1.29, 1.82) is 0 Å². The summed E-state index contributed by atoms with van der Waals surface area (Å²) in [6, 6.07) is 7.97. The summed E-state index contributed by atoms with van der Waals surface area (Å²) in [6.07, 6.45) is 5.49. The number of rotatable bonds is 5. The summed E-state index contributed by atoms with van der Waals surface area (Å²) in [4.78, 5) is 12.5. The lowest BCUT2D eigenvalue weighted by Crippen LogP contribution is -2.14. The fourth-order valence-corrected chi connectivity index (χ4v) is 3.56. The average molecular weight is 313 g/mol. The minimum Gasteiger partial charge on any atom is -0.322 e. The normalized spacial score (nSPS) is 22.9. The van der Waals surface area contributed by atoms with Crippen molar-refractivity contribution in [3.05, 3.63) is 47.3 Å². The molecule has 2 aliphatic carbocycles. The highest BCUT2D eigenvalue weighted by Crippen LogP contribution is 2.60. The summed E-state index contributed by atoms with van der Waals surface area (Å²) in [5.74, 6) is 1.95. The molecule has 0 bridgehead atoms. The Hall–Kier alpha value is -2.17. The zero-order valence-corrected chi connectivity index (χ0v) is 13.1. The Kier molecular flexibility index (Phi) is 3.43. The second-order valence-corrected chi connectivity index (χ2v) is 6.68. The first-order chi connectivity index (χ1) is 11.2. The number of carbonyl (C=O) groups is 1. The van der Waals surface area contributed by atoms with Crippen molar-refractivity contribution in [2.75, 3.05) is 5.32 Å². The topological polar surface area (TPSA) is 46.9 Å². The van der Waals surface area contributed by atoms with Gasteiger partial charge in [0.2, 0.25) is 0 Å². The molecule has 120 valence electrons. The number of halogens is 1. The van der Waals surface area contributed by atoms with Crippen LogP contribution in [0.4, 0.5) is 10.1 Å². The van der Waals surface area contributed by atoms with Crippen LogP contribution in [0.2, 0.25) is 0 Å². The minimum atomic E-state index is -0.738. The third-order valence-electron chi connectivity index (χ3n) is 4.95. The van der Waals surface area contributed by atoms with Gasteiger partial charge >= 0.3 is 0 Å². The van der Waals surface area contributed by atoms with Gasteiger partial charge in [-0.15, -0.1) is 0 Å². The Morgan fingerprint density at radius 1 is 1.39 bits per heavy atom. The second-order valence-electron chi connectivity index (χ2n) is 6.68. The maximum Gasteiger partial charge on any atom is 0.259 e. The number of nitrogens with zero attached hydrogens (tertiary/aromatic N) is 2. The number of hydrogen-bond acceptors (Lipinski definition) is 2. The van der Waals surface area contributed by atoms with E-state index in [1.165, 1.54) is 29.5 Å². The van der Waals surface area contributed by atoms with Gasteiger partial charge in [-0.1, -0.05) is 18.2 Å². The van der Waals surface area contributed by atoms with Crippen LogP contribution in [0, 0.1) is 11.8 Å². The van der Waals surface area contributed by atoms with Gasteiger partial charge in [0.1, 0.15) is 12.4 Å². The monoisotopic (exact) mass is 313 g/mol. The van der Waals surface area contributed by atoms with Crippen LogP contribution in [-0.4, -0.2) is 15.7 Å². The van der Waals surface area contributed by atoms with E-state index in [4.69, 9.17) is 0 Å². The third-order valence-corrected chi connectivity index (χ3v) is 4.95. The number of aryl methyl sites for hydroxylation is 1. The molecule has 1 aromatic carbocycles. The molecule has 2 aliphatic rings. The predicted octanol–water partition coefficient (Wildman–Crippen LogP) is 3.66. The molecule has 0 radical (unpaired) electrons. The molecule has 2 saturated carbocycles. The number of para-hydroxylation sites is 1. The predicted molar refractivity (Wildman–Crippen MR) is 86.0 cm³/mol. The Morgan fingerprint density at radius 3 is 2.91 bits per heavy atom. The van der Waals surface area contributed by atoms with E-state index in [1.807, 2.05) is 18.2 Å². The first kappa shape index (κ1) is 14.4. The van der Waals surface area contributed by atoms with E-state index < -0.39 is 6.67 Å². The number of benzene rings is 1. The molecule has 4 nitrogen and oxygen atoms in total. The van der Waals surface area contributed by atoms with Gasteiger partial charge < -0.3 is 5.32 Å². The molecule has 0 saturated heterocycles. The Bertz CT molecular complexity index is 750. The fraction of sp³-hybridized carbons (Fsp3) is 0.444. The van der Waals surface area contributed by atoms with Gasteiger partial charge in [0.05, 0.1) is 5.56 Å². The number of hydrogen-bond donors (Lipinski definition) is 1. The molecule has 4 rings (SSSR count). The van der Waals surface area contributed by atoms with Crippen molar-refractivity contribution in [2.24, 2.45) is 18.9 Å². The molecular formula is C18H20FN3O. The largest absolute Gasteiger partial charge is 0.322 e. The lowest BCUT2D eigenvalue weighted by molar-refractivity contribution is 0.102. The molecule has 2 aromatic rings. The van der Waals surface area contributed by atoms with E-state index in [0.29, 0.717) is 11.5 Å². The maximum absolute atomic E-state index is 13.0. The van der Waals surface area contributed by atoms with Gasteiger partial charge in [-0.2, -0.15) is 5.10 Å². The van der Waals surface area contributed by atoms with Gasteiger partial charge in [-0.25, -0.2) is 4.39 Å². The van der Waals surface area contributed by atoms with Crippen molar-refractivity contribution in [2.45, 2.75) is 31.9 Å². The molecule has 0 unspecified atom stereocenters. The number of alkyl halides is 1. The van der Waals surface area contributed by atoms with Crippen LogP contribution in [0.5, 0.6) is 0 Å². The van der Waals surface area contributed by atoms with E-state index in [0.717, 1.165) is 17.5 Å². The van der Waals surface area contributed by atoms with Crippen molar-refractivity contribution in [1.82, 2.24) is 9.78 Å². The molecule has 1 aromatic heterocycles. The summed E-state index contributed by atoms with van der Waals surface area (Å²) in [5.41, 5.74) is 2.55. The highest BCUT2D eigenvalue weighted by Gasteiger charge is 2.48. The molecular weight excluding hydrogens is 293 g/mol. The van der Waals surface area contributed by atoms with E-state index in [-0.39, 0.29) is 11.6 Å². The summed E-state index contributed by atoms with van der Waals surface area (Å²) in [6.45, 7) is -0.738.